The number of thioether (sulfide) groups is 1. The normalized spacial score (nSPS) is 11.5. The van der Waals surface area contributed by atoms with Crippen LogP contribution in [0.3, 0.4) is 0 Å². The van der Waals surface area contributed by atoms with Gasteiger partial charge in [0.05, 0.1) is 12.0 Å². The molecule has 1 aromatic carbocycles. The number of para-hydroxylation sites is 1. The van der Waals surface area contributed by atoms with Crippen LogP contribution in [0.5, 0.6) is 0 Å². The third kappa shape index (κ3) is 2.49. The Bertz CT molecular complexity index is 1160. The van der Waals surface area contributed by atoms with Crippen LogP contribution in [0.1, 0.15) is 5.69 Å². The molecule has 5 rings (SSSR count). The van der Waals surface area contributed by atoms with E-state index in [9.17, 15) is 0 Å². The number of aromatic nitrogens is 3. The van der Waals surface area contributed by atoms with E-state index in [2.05, 4.69) is 15.1 Å². The molecule has 0 aliphatic heterocycles. The molecular formula is C18H11N3O3S. The molecule has 25 heavy (non-hydrogen) atoms. The van der Waals surface area contributed by atoms with E-state index in [1.807, 2.05) is 42.5 Å². The molecule has 0 aliphatic carbocycles. The lowest BCUT2D eigenvalue weighted by atomic mass is 10.2. The fourth-order valence-electron chi connectivity index (χ4n) is 2.66. The molecule has 0 atom stereocenters. The molecule has 4 heterocycles. The van der Waals surface area contributed by atoms with Crippen LogP contribution in [0.4, 0.5) is 0 Å². The van der Waals surface area contributed by atoms with Crippen molar-refractivity contribution < 1.29 is 13.4 Å². The van der Waals surface area contributed by atoms with Crippen molar-refractivity contribution in [2.45, 2.75) is 10.8 Å². The first-order valence-electron chi connectivity index (χ1n) is 7.63. The summed E-state index contributed by atoms with van der Waals surface area (Å²) in [5.41, 5.74) is 3.13. The van der Waals surface area contributed by atoms with E-state index in [1.54, 1.807) is 12.6 Å². The zero-order valence-corrected chi connectivity index (χ0v) is 13.7. The smallest absolute Gasteiger partial charge is 0.202 e. The van der Waals surface area contributed by atoms with E-state index in [0.29, 0.717) is 22.9 Å². The van der Waals surface area contributed by atoms with Crippen LogP contribution in [0.25, 0.3) is 33.6 Å². The van der Waals surface area contributed by atoms with Gasteiger partial charge >= 0.3 is 0 Å². The summed E-state index contributed by atoms with van der Waals surface area (Å²) in [4.78, 5) is 8.71. The molecule has 7 heteroatoms. The average Bonchev–Trinajstić information content (AvgIpc) is 3.38. The van der Waals surface area contributed by atoms with E-state index in [-0.39, 0.29) is 0 Å². The van der Waals surface area contributed by atoms with Crippen molar-refractivity contribution in [1.82, 2.24) is 15.1 Å². The van der Waals surface area contributed by atoms with Gasteiger partial charge in [0.2, 0.25) is 5.76 Å². The fourth-order valence-corrected chi connectivity index (χ4v) is 3.47. The van der Waals surface area contributed by atoms with E-state index in [1.165, 1.54) is 11.8 Å². The van der Waals surface area contributed by atoms with Crippen LogP contribution >= 0.6 is 11.8 Å². The largest absolute Gasteiger partial charge is 0.461 e. The van der Waals surface area contributed by atoms with Crippen molar-refractivity contribution in [3.8, 4) is 11.5 Å². The van der Waals surface area contributed by atoms with E-state index in [4.69, 9.17) is 13.4 Å². The molecule has 6 nitrogen and oxygen atoms in total. The van der Waals surface area contributed by atoms with E-state index < -0.39 is 0 Å². The van der Waals surface area contributed by atoms with Crippen molar-refractivity contribution in [2.75, 3.05) is 0 Å². The zero-order chi connectivity index (χ0) is 16.6. The van der Waals surface area contributed by atoms with Crippen molar-refractivity contribution in [3.05, 3.63) is 60.7 Å². The van der Waals surface area contributed by atoms with Crippen LogP contribution < -0.4 is 0 Å². The predicted molar refractivity (Wildman–Crippen MR) is 93.1 cm³/mol. The highest BCUT2D eigenvalue weighted by Crippen LogP contribution is 2.34. The molecule has 4 aromatic heterocycles. The Hall–Kier alpha value is -3.06. The lowest BCUT2D eigenvalue weighted by Crippen LogP contribution is -1.86. The summed E-state index contributed by atoms with van der Waals surface area (Å²) in [5.74, 6) is 1.87. The maximum atomic E-state index is 5.93. The Labute approximate surface area is 145 Å². The van der Waals surface area contributed by atoms with Crippen LogP contribution in [-0.4, -0.2) is 15.1 Å². The molecule has 5 aromatic rings. The quantitative estimate of drug-likeness (QED) is 0.337. The second-order valence-electron chi connectivity index (χ2n) is 5.40. The molecule has 0 saturated heterocycles. The molecule has 0 saturated carbocycles. The SMILES string of the molecule is c1coc(-c2cc(CSc3ncnc4c3oc3ccccc34)no2)c1. The number of nitrogens with zero attached hydrogens (tertiary/aromatic N) is 3. The second kappa shape index (κ2) is 5.78. The van der Waals surface area contributed by atoms with Crippen LogP contribution in [0.2, 0.25) is 0 Å². The topological polar surface area (TPSA) is 78.1 Å². The summed E-state index contributed by atoms with van der Waals surface area (Å²) in [7, 11) is 0. The molecule has 122 valence electrons. The van der Waals surface area contributed by atoms with Crippen molar-refractivity contribution >= 4 is 33.8 Å². The summed E-state index contributed by atoms with van der Waals surface area (Å²) in [6, 6.07) is 13.3. The summed E-state index contributed by atoms with van der Waals surface area (Å²) in [6.07, 6.45) is 3.16. The number of fused-ring (bicyclic) bond motifs is 3. The summed E-state index contributed by atoms with van der Waals surface area (Å²) in [5, 5.41) is 5.85. The van der Waals surface area contributed by atoms with Crippen LogP contribution in [0.15, 0.2) is 73.4 Å². The fraction of sp³-hybridized carbons (Fsp3) is 0.0556. The van der Waals surface area contributed by atoms with Gasteiger partial charge in [0.25, 0.3) is 0 Å². The molecule has 0 spiro atoms. The molecule has 0 unspecified atom stereocenters. The van der Waals surface area contributed by atoms with Gasteiger partial charge in [-0.05, 0) is 24.3 Å². The van der Waals surface area contributed by atoms with Gasteiger partial charge in [-0.2, -0.15) is 0 Å². The van der Waals surface area contributed by atoms with Gasteiger partial charge in [-0.3, -0.25) is 0 Å². The highest BCUT2D eigenvalue weighted by Gasteiger charge is 2.15. The van der Waals surface area contributed by atoms with Gasteiger partial charge in [0.1, 0.15) is 22.5 Å². The van der Waals surface area contributed by atoms with E-state index >= 15 is 0 Å². The molecule has 0 radical (unpaired) electrons. The lowest BCUT2D eigenvalue weighted by molar-refractivity contribution is 0.413. The van der Waals surface area contributed by atoms with Gasteiger partial charge in [-0.15, -0.1) is 0 Å². The monoisotopic (exact) mass is 349 g/mol. The van der Waals surface area contributed by atoms with Crippen LogP contribution in [0, 0.1) is 0 Å². The number of rotatable bonds is 4. The highest BCUT2D eigenvalue weighted by molar-refractivity contribution is 7.98. The van der Waals surface area contributed by atoms with Gasteiger partial charge in [-0.25, -0.2) is 9.97 Å². The predicted octanol–water partition coefficient (Wildman–Crippen LogP) is 4.92. The first kappa shape index (κ1) is 14.3. The number of benzene rings is 1. The number of hydrogen-bond donors (Lipinski definition) is 0. The van der Waals surface area contributed by atoms with Gasteiger partial charge in [0, 0.05) is 17.2 Å². The second-order valence-corrected chi connectivity index (χ2v) is 6.37. The highest BCUT2D eigenvalue weighted by atomic mass is 32.2. The molecular weight excluding hydrogens is 338 g/mol. The third-order valence-electron chi connectivity index (χ3n) is 3.81. The first-order chi connectivity index (χ1) is 12.4. The minimum absolute atomic E-state index is 0.605. The average molecular weight is 349 g/mol. The third-order valence-corrected chi connectivity index (χ3v) is 4.81. The Morgan fingerprint density at radius 2 is 1.96 bits per heavy atom. The van der Waals surface area contributed by atoms with Crippen LogP contribution in [-0.2, 0) is 5.75 Å². The molecule has 0 bridgehead atoms. The Morgan fingerprint density at radius 3 is 2.88 bits per heavy atom. The summed E-state index contributed by atoms with van der Waals surface area (Å²) >= 11 is 1.53. The number of hydrogen-bond acceptors (Lipinski definition) is 7. The maximum absolute atomic E-state index is 5.93. The summed E-state index contributed by atoms with van der Waals surface area (Å²) < 4.78 is 16.6. The molecule has 0 aliphatic rings. The first-order valence-corrected chi connectivity index (χ1v) is 8.61. The van der Waals surface area contributed by atoms with Gasteiger partial charge < -0.3 is 13.4 Å². The van der Waals surface area contributed by atoms with Crippen molar-refractivity contribution in [2.24, 2.45) is 0 Å². The molecule has 0 amide bonds. The van der Waals surface area contributed by atoms with E-state index in [0.717, 1.165) is 27.2 Å². The lowest BCUT2D eigenvalue weighted by Gasteiger charge is -1.98. The maximum Gasteiger partial charge on any atom is 0.202 e. The standard InChI is InChI=1S/C18H11N3O3S/c1-2-5-13-12(4-1)16-17(23-13)18(20-10-19-16)25-9-11-8-15(24-21-11)14-6-3-7-22-14/h1-8,10H,9H2. The Morgan fingerprint density at radius 1 is 1.00 bits per heavy atom. The van der Waals surface area contributed by atoms with Gasteiger partial charge in [-0.1, -0.05) is 29.1 Å². The minimum atomic E-state index is 0.605. The Balaban J connectivity index is 1.44. The summed E-state index contributed by atoms with van der Waals surface area (Å²) in [6.45, 7) is 0. The number of furan rings is 2. The minimum Gasteiger partial charge on any atom is -0.461 e. The zero-order valence-electron chi connectivity index (χ0n) is 12.9. The molecule has 0 N–H and O–H groups in total. The van der Waals surface area contributed by atoms with Crippen molar-refractivity contribution in [3.63, 3.8) is 0 Å². The Kier molecular flexibility index (Phi) is 3.31. The van der Waals surface area contributed by atoms with Gasteiger partial charge in [0.15, 0.2) is 11.3 Å². The van der Waals surface area contributed by atoms with Crippen molar-refractivity contribution in [1.29, 1.82) is 0 Å². The molecule has 0 fully saturated rings.